The van der Waals surface area contributed by atoms with Crippen LogP contribution in [0.3, 0.4) is 0 Å². The first-order valence-corrected chi connectivity index (χ1v) is 11.1. The normalized spacial score (nSPS) is 13.9. The van der Waals surface area contributed by atoms with Crippen LogP contribution in [0, 0.1) is 11.6 Å². The van der Waals surface area contributed by atoms with Crippen molar-refractivity contribution in [1.82, 2.24) is 9.88 Å². The molecule has 2 N–H and O–H groups in total. The molecule has 2 aromatic carbocycles. The molecule has 1 aromatic heterocycles. The summed E-state index contributed by atoms with van der Waals surface area (Å²) in [5.41, 5.74) is 1.18. The van der Waals surface area contributed by atoms with E-state index >= 15 is 0 Å². The lowest BCUT2D eigenvalue weighted by atomic mass is 10.2. The fourth-order valence-electron chi connectivity index (χ4n) is 3.64. The lowest BCUT2D eigenvalue weighted by molar-refractivity contribution is 0.0767. The predicted octanol–water partition coefficient (Wildman–Crippen LogP) is 5.01. The van der Waals surface area contributed by atoms with Crippen molar-refractivity contribution in [3.05, 3.63) is 83.0 Å². The minimum Gasteiger partial charge on any atom is -0.355 e. The van der Waals surface area contributed by atoms with Gasteiger partial charge in [-0.3, -0.25) is 4.79 Å². The van der Waals surface area contributed by atoms with Gasteiger partial charge in [0.25, 0.3) is 5.91 Å². The Morgan fingerprint density at radius 2 is 1.59 bits per heavy atom. The Morgan fingerprint density at radius 1 is 0.853 bits per heavy atom. The third-order valence-electron chi connectivity index (χ3n) is 5.38. The second-order valence-electron chi connectivity index (χ2n) is 7.75. The lowest BCUT2D eigenvalue weighted by Crippen LogP contribution is -2.35. The number of rotatable bonds is 4. The first-order chi connectivity index (χ1) is 16.4. The molecule has 0 radical (unpaired) electrons. The van der Waals surface area contributed by atoms with Gasteiger partial charge in [-0.1, -0.05) is 11.6 Å². The molecular formula is C24H22ClF2N5O2. The predicted molar refractivity (Wildman–Crippen MR) is 127 cm³/mol. The van der Waals surface area contributed by atoms with Crippen LogP contribution in [-0.2, 0) is 0 Å². The van der Waals surface area contributed by atoms with Crippen LogP contribution in [0.4, 0.5) is 30.8 Å². The molecule has 0 unspecified atom stereocenters. The topological polar surface area (TPSA) is 77.6 Å². The van der Waals surface area contributed by atoms with Crippen molar-refractivity contribution in [3.63, 3.8) is 0 Å². The Balaban J connectivity index is 1.32. The number of halogens is 3. The van der Waals surface area contributed by atoms with Gasteiger partial charge in [0.1, 0.15) is 5.82 Å². The summed E-state index contributed by atoms with van der Waals surface area (Å²) >= 11 is 5.91. The highest BCUT2D eigenvalue weighted by Gasteiger charge is 2.21. The van der Waals surface area contributed by atoms with Gasteiger partial charge in [-0.25, -0.2) is 18.6 Å². The monoisotopic (exact) mass is 485 g/mol. The number of amides is 3. The Bertz CT molecular complexity index is 1170. The van der Waals surface area contributed by atoms with Crippen molar-refractivity contribution in [3.8, 4) is 0 Å². The Morgan fingerprint density at radius 3 is 2.29 bits per heavy atom. The number of pyridine rings is 1. The molecule has 4 rings (SSSR count). The third kappa shape index (κ3) is 5.79. The van der Waals surface area contributed by atoms with Crippen molar-refractivity contribution in [2.24, 2.45) is 0 Å². The van der Waals surface area contributed by atoms with Gasteiger partial charge in [-0.05, 0) is 55.0 Å². The van der Waals surface area contributed by atoms with Crippen LogP contribution >= 0.6 is 11.6 Å². The molecule has 34 heavy (non-hydrogen) atoms. The molecule has 10 heteroatoms. The summed E-state index contributed by atoms with van der Waals surface area (Å²) in [7, 11) is 0. The molecule has 3 amide bonds. The number of urea groups is 1. The number of hydrogen-bond acceptors (Lipinski definition) is 4. The summed E-state index contributed by atoms with van der Waals surface area (Å²) < 4.78 is 26.3. The molecule has 0 saturated carbocycles. The van der Waals surface area contributed by atoms with Crippen LogP contribution in [0.1, 0.15) is 16.8 Å². The summed E-state index contributed by atoms with van der Waals surface area (Å²) in [6.45, 7) is 2.55. The van der Waals surface area contributed by atoms with E-state index in [4.69, 9.17) is 11.6 Å². The molecule has 176 valence electrons. The summed E-state index contributed by atoms with van der Waals surface area (Å²) in [5, 5.41) is 5.63. The standard InChI is InChI=1S/C24H22ClF2N5O2/c25-17-4-2-16(3-5-17)23(33)32-11-1-10-31(12-13-32)22-9-7-19(15-28-22)30-24(34)29-18-6-8-20(26)21(27)14-18/h2-9,14-15H,1,10-13H2,(H2,29,30,34). The van der Waals surface area contributed by atoms with Crippen molar-refractivity contribution < 1.29 is 18.4 Å². The van der Waals surface area contributed by atoms with Crippen molar-refractivity contribution in [2.75, 3.05) is 41.7 Å². The molecule has 0 bridgehead atoms. The minimum atomic E-state index is -1.05. The number of nitrogens with zero attached hydrogens (tertiary/aromatic N) is 3. The highest BCUT2D eigenvalue weighted by molar-refractivity contribution is 6.30. The molecule has 1 aliphatic rings. The Labute approximate surface area is 200 Å². The first-order valence-electron chi connectivity index (χ1n) is 10.7. The van der Waals surface area contributed by atoms with E-state index in [-0.39, 0.29) is 11.6 Å². The molecule has 0 spiro atoms. The smallest absolute Gasteiger partial charge is 0.323 e. The zero-order chi connectivity index (χ0) is 24.1. The Kier molecular flexibility index (Phi) is 7.22. The van der Waals surface area contributed by atoms with Gasteiger partial charge < -0.3 is 20.4 Å². The van der Waals surface area contributed by atoms with E-state index in [9.17, 15) is 18.4 Å². The zero-order valence-corrected chi connectivity index (χ0v) is 18.9. The zero-order valence-electron chi connectivity index (χ0n) is 18.1. The molecule has 7 nitrogen and oxygen atoms in total. The van der Waals surface area contributed by atoms with E-state index < -0.39 is 17.7 Å². The average Bonchev–Trinajstić information content (AvgIpc) is 3.08. The van der Waals surface area contributed by atoms with Gasteiger partial charge in [0.15, 0.2) is 11.6 Å². The van der Waals surface area contributed by atoms with Crippen LogP contribution in [0.25, 0.3) is 0 Å². The molecule has 0 aliphatic carbocycles. The maximum atomic E-state index is 13.3. The average molecular weight is 486 g/mol. The van der Waals surface area contributed by atoms with E-state index in [1.807, 2.05) is 4.90 Å². The summed E-state index contributed by atoms with van der Waals surface area (Å²) in [5.74, 6) is -1.34. The van der Waals surface area contributed by atoms with Crippen LogP contribution in [0.5, 0.6) is 0 Å². The van der Waals surface area contributed by atoms with Crippen LogP contribution < -0.4 is 15.5 Å². The maximum absolute atomic E-state index is 13.3. The maximum Gasteiger partial charge on any atom is 0.323 e. The molecule has 1 saturated heterocycles. The number of hydrogen-bond donors (Lipinski definition) is 2. The molecule has 2 heterocycles. The van der Waals surface area contributed by atoms with Gasteiger partial charge in [0, 0.05) is 48.5 Å². The fraction of sp³-hybridized carbons (Fsp3) is 0.208. The van der Waals surface area contributed by atoms with E-state index in [1.54, 1.807) is 36.4 Å². The summed E-state index contributed by atoms with van der Waals surface area (Å²) in [4.78, 5) is 33.2. The van der Waals surface area contributed by atoms with Crippen LogP contribution in [-0.4, -0.2) is 48.0 Å². The largest absolute Gasteiger partial charge is 0.355 e. The number of anilines is 3. The van der Waals surface area contributed by atoms with Gasteiger partial charge in [0.2, 0.25) is 0 Å². The van der Waals surface area contributed by atoms with Crippen molar-refractivity contribution in [2.45, 2.75) is 6.42 Å². The second kappa shape index (κ2) is 10.5. The van der Waals surface area contributed by atoms with E-state index in [1.165, 1.54) is 12.3 Å². The molecule has 0 atom stereocenters. The molecule has 3 aromatic rings. The van der Waals surface area contributed by atoms with Crippen molar-refractivity contribution >= 4 is 40.7 Å². The van der Waals surface area contributed by atoms with E-state index in [0.717, 1.165) is 30.9 Å². The number of aromatic nitrogens is 1. The second-order valence-corrected chi connectivity index (χ2v) is 8.19. The molecule has 1 aliphatic heterocycles. The van der Waals surface area contributed by atoms with Gasteiger partial charge >= 0.3 is 6.03 Å². The SMILES string of the molecule is O=C(Nc1ccc(N2CCCN(C(=O)c3ccc(Cl)cc3)CC2)nc1)Nc1ccc(F)c(F)c1. The molecular weight excluding hydrogens is 464 g/mol. The fourth-order valence-corrected chi connectivity index (χ4v) is 3.77. The van der Waals surface area contributed by atoms with E-state index in [2.05, 4.69) is 20.5 Å². The van der Waals surface area contributed by atoms with Gasteiger partial charge in [-0.2, -0.15) is 0 Å². The van der Waals surface area contributed by atoms with Crippen LogP contribution in [0.15, 0.2) is 60.8 Å². The third-order valence-corrected chi connectivity index (χ3v) is 5.63. The van der Waals surface area contributed by atoms with Gasteiger partial charge in [0.05, 0.1) is 11.9 Å². The highest BCUT2D eigenvalue weighted by Crippen LogP contribution is 2.19. The first kappa shape index (κ1) is 23.4. The van der Waals surface area contributed by atoms with Gasteiger partial charge in [-0.15, -0.1) is 0 Å². The number of benzene rings is 2. The minimum absolute atomic E-state index is 0.0296. The quantitative estimate of drug-likeness (QED) is 0.544. The van der Waals surface area contributed by atoms with Crippen LogP contribution in [0.2, 0.25) is 5.02 Å². The highest BCUT2D eigenvalue weighted by atomic mass is 35.5. The number of nitrogens with one attached hydrogen (secondary N) is 2. The summed E-state index contributed by atoms with van der Waals surface area (Å²) in [6, 6.07) is 12.8. The number of carbonyl (C=O) groups excluding carboxylic acids is 2. The summed E-state index contributed by atoms with van der Waals surface area (Å²) in [6.07, 6.45) is 2.30. The van der Waals surface area contributed by atoms with E-state index in [0.29, 0.717) is 35.9 Å². The number of carbonyl (C=O) groups is 2. The lowest BCUT2D eigenvalue weighted by Gasteiger charge is -2.23. The van der Waals surface area contributed by atoms with Crippen molar-refractivity contribution in [1.29, 1.82) is 0 Å². The molecule has 1 fully saturated rings. The Hall–Kier alpha value is -3.72.